The van der Waals surface area contributed by atoms with E-state index in [-0.39, 0.29) is 6.42 Å². The molecule has 0 saturated carbocycles. The van der Waals surface area contributed by atoms with Gasteiger partial charge in [0, 0.05) is 5.97 Å². The van der Waals surface area contributed by atoms with Crippen LogP contribution in [0.2, 0.25) is 0 Å². The molecule has 0 heterocycles. The molecule has 4 nitrogen and oxygen atoms in total. The summed E-state index contributed by atoms with van der Waals surface area (Å²) in [7, 11) is 0. The van der Waals surface area contributed by atoms with E-state index in [9.17, 15) is 20.1 Å². The minimum absolute atomic E-state index is 0.117. The van der Waals surface area contributed by atoms with Gasteiger partial charge in [0.1, 0.15) is 0 Å². The van der Waals surface area contributed by atoms with Crippen molar-refractivity contribution in [2.45, 2.75) is 57.7 Å². The predicted molar refractivity (Wildman–Crippen MR) is 96.1 cm³/mol. The summed E-state index contributed by atoms with van der Waals surface area (Å²) in [6.45, 7) is 1.82. The van der Waals surface area contributed by atoms with Gasteiger partial charge in [0.05, 0.1) is 12.2 Å². The quantitative estimate of drug-likeness (QED) is 0.308. The van der Waals surface area contributed by atoms with Gasteiger partial charge < -0.3 is 20.1 Å². The van der Waals surface area contributed by atoms with Crippen LogP contribution in [0, 0.1) is 0 Å². The number of hydrogen-bond donors (Lipinski definition) is 2. The molecule has 0 aromatic heterocycles. The number of allylic oxidation sites excluding steroid dienone is 9. The number of aliphatic carboxylic acids is 1. The van der Waals surface area contributed by atoms with Crippen molar-refractivity contribution in [2.75, 3.05) is 0 Å². The minimum Gasteiger partial charge on any atom is -0.550 e. The van der Waals surface area contributed by atoms with E-state index in [1.165, 1.54) is 0 Å². The van der Waals surface area contributed by atoms with Gasteiger partial charge in [0.25, 0.3) is 0 Å². The molecule has 134 valence electrons. The van der Waals surface area contributed by atoms with E-state index < -0.39 is 18.2 Å². The Bertz CT molecular complexity index is 458. The summed E-state index contributed by atoms with van der Waals surface area (Å²) in [5.41, 5.74) is 0. The van der Waals surface area contributed by atoms with Crippen LogP contribution in [0.4, 0.5) is 0 Å². The van der Waals surface area contributed by atoms with E-state index in [4.69, 9.17) is 0 Å². The Kier molecular flexibility index (Phi) is 14.7. The van der Waals surface area contributed by atoms with Crippen LogP contribution in [-0.2, 0) is 4.79 Å². The number of aliphatic hydroxyl groups is 2. The highest BCUT2D eigenvalue weighted by atomic mass is 16.4. The molecule has 0 rings (SSSR count). The third-order valence-electron chi connectivity index (χ3n) is 3.22. The van der Waals surface area contributed by atoms with Gasteiger partial charge in [-0.3, -0.25) is 0 Å². The number of carboxylic acid groups (broad SMARTS) is 1. The number of carboxylic acids is 1. The number of unbranched alkanes of at least 4 members (excludes halogenated alkanes) is 1. The Morgan fingerprint density at radius 1 is 0.958 bits per heavy atom. The zero-order valence-electron chi connectivity index (χ0n) is 14.4. The lowest BCUT2D eigenvalue weighted by Crippen LogP contribution is -2.22. The fourth-order valence-electron chi connectivity index (χ4n) is 1.76. The van der Waals surface area contributed by atoms with Gasteiger partial charge >= 0.3 is 0 Å². The van der Waals surface area contributed by atoms with Crippen molar-refractivity contribution in [3.05, 3.63) is 60.8 Å². The Hall–Kier alpha value is -1.91. The number of hydrogen-bond acceptors (Lipinski definition) is 4. The van der Waals surface area contributed by atoms with Crippen molar-refractivity contribution < 1.29 is 20.1 Å². The molecule has 0 radical (unpaired) electrons. The summed E-state index contributed by atoms with van der Waals surface area (Å²) in [4.78, 5) is 10.2. The van der Waals surface area contributed by atoms with Crippen molar-refractivity contribution in [1.29, 1.82) is 0 Å². The van der Waals surface area contributed by atoms with Crippen molar-refractivity contribution in [2.24, 2.45) is 0 Å². The summed E-state index contributed by atoms with van der Waals surface area (Å²) in [5, 5.41) is 29.1. The largest absolute Gasteiger partial charge is 0.550 e. The van der Waals surface area contributed by atoms with Crippen LogP contribution in [0.3, 0.4) is 0 Å². The van der Waals surface area contributed by atoms with E-state index in [1.807, 2.05) is 37.3 Å². The van der Waals surface area contributed by atoms with Crippen LogP contribution in [0.15, 0.2) is 60.8 Å². The average molecular weight is 333 g/mol. The topological polar surface area (TPSA) is 80.6 Å². The van der Waals surface area contributed by atoms with Crippen molar-refractivity contribution in [1.82, 2.24) is 0 Å². The molecular formula is C20H29O4-. The molecule has 0 aromatic rings. The van der Waals surface area contributed by atoms with Crippen molar-refractivity contribution in [3.63, 3.8) is 0 Å². The molecule has 4 heteroatoms. The van der Waals surface area contributed by atoms with Crippen LogP contribution in [0.5, 0.6) is 0 Å². The third-order valence-corrected chi connectivity index (χ3v) is 3.22. The maximum absolute atomic E-state index is 10.2. The predicted octanol–water partition coefficient (Wildman–Crippen LogP) is 2.60. The lowest BCUT2D eigenvalue weighted by Gasteiger charge is -2.10. The first-order chi connectivity index (χ1) is 11.6. The van der Waals surface area contributed by atoms with Gasteiger partial charge in [0.2, 0.25) is 0 Å². The Labute approximate surface area is 145 Å². The first kappa shape index (κ1) is 22.1. The van der Waals surface area contributed by atoms with Gasteiger partial charge in [-0.05, 0) is 38.5 Å². The van der Waals surface area contributed by atoms with Gasteiger partial charge in [-0.2, -0.15) is 0 Å². The van der Waals surface area contributed by atoms with E-state index in [0.717, 1.165) is 19.3 Å². The number of rotatable bonds is 13. The molecule has 24 heavy (non-hydrogen) atoms. The normalized spacial score (nSPS) is 15.5. The standard InChI is InChI=1S/C20H30O4/c1-2-18(21)19(22)16-14-12-10-8-6-4-3-5-7-9-11-13-15-17-20(23)24/h3,5-6,8-12,14,16,18-19,21-22H,2,4,7,13,15,17H2,1H3,(H,23,24)/p-1/b5-3-,8-6-,11-9-,12-10+,16-14+/t18-,19-/m1/s1. The molecule has 0 aromatic carbocycles. The molecule has 0 unspecified atom stereocenters. The molecule has 0 bridgehead atoms. The molecule has 0 aliphatic rings. The van der Waals surface area contributed by atoms with Crippen molar-refractivity contribution in [3.8, 4) is 0 Å². The second-order valence-corrected chi connectivity index (χ2v) is 5.34. The van der Waals surface area contributed by atoms with Gasteiger partial charge in [0.15, 0.2) is 0 Å². The van der Waals surface area contributed by atoms with Crippen molar-refractivity contribution >= 4 is 5.97 Å². The highest BCUT2D eigenvalue weighted by molar-refractivity contribution is 5.64. The number of carbonyl (C=O) groups excluding carboxylic acids is 1. The van der Waals surface area contributed by atoms with Crippen LogP contribution in [-0.4, -0.2) is 28.4 Å². The number of aliphatic hydroxyl groups excluding tert-OH is 2. The summed E-state index contributed by atoms with van der Waals surface area (Å²) in [6.07, 6.45) is 21.2. The van der Waals surface area contributed by atoms with Gasteiger partial charge in [-0.25, -0.2) is 0 Å². The Balaban J connectivity index is 3.70. The monoisotopic (exact) mass is 333 g/mol. The molecule has 0 aliphatic heterocycles. The van der Waals surface area contributed by atoms with E-state index in [1.54, 1.807) is 18.2 Å². The molecule has 0 aliphatic carbocycles. The Morgan fingerprint density at radius 3 is 2.25 bits per heavy atom. The fraction of sp³-hybridized carbons (Fsp3) is 0.450. The Morgan fingerprint density at radius 2 is 1.58 bits per heavy atom. The van der Waals surface area contributed by atoms with Gasteiger partial charge in [-0.15, -0.1) is 0 Å². The minimum atomic E-state index is -0.991. The van der Waals surface area contributed by atoms with E-state index >= 15 is 0 Å². The van der Waals surface area contributed by atoms with Crippen LogP contribution >= 0.6 is 0 Å². The third kappa shape index (κ3) is 15.0. The zero-order chi connectivity index (χ0) is 18.0. The molecule has 0 amide bonds. The zero-order valence-corrected chi connectivity index (χ0v) is 14.4. The summed E-state index contributed by atoms with van der Waals surface area (Å²) in [6, 6.07) is 0. The average Bonchev–Trinajstić information content (AvgIpc) is 2.57. The first-order valence-electron chi connectivity index (χ1n) is 8.43. The smallest absolute Gasteiger partial charge is 0.0982 e. The molecule has 0 fully saturated rings. The molecule has 2 atom stereocenters. The molecule has 2 N–H and O–H groups in total. The van der Waals surface area contributed by atoms with E-state index in [2.05, 4.69) is 12.2 Å². The summed E-state index contributed by atoms with van der Waals surface area (Å²) < 4.78 is 0. The van der Waals surface area contributed by atoms with Crippen LogP contribution < -0.4 is 5.11 Å². The SMILES string of the molecule is CC[C@@H](O)[C@H](O)/C=C/C=C/C=C\C/C=C\C/C=C\CCCC(=O)[O-]. The first-order valence-corrected chi connectivity index (χ1v) is 8.43. The second-order valence-electron chi connectivity index (χ2n) is 5.34. The lowest BCUT2D eigenvalue weighted by atomic mass is 10.1. The van der Waals surface area contributed by atoms with Crippen LogP contribution in [0.1, 0.15) is 45.4 Å². The summed E-state index contributed by atoms with van der Waals surface area (Å²) >= 11 is 0. The maximum atomic E-state index is 10.2. The second kappa shape index (κ2) is 16.0. The summed E-state index contributed by atoms with van der Waals surface area (Å²) in [5.74, 6) is -0.991. The van der Waals surface area contributed by atoms with Gasteiger partial charge in [-0.1, -0.05) is 67.7 Å². The highest BCUT2D eigenvalue weighted by Crippen LogP contribution is 2.00. The molecule has 0 spiro atoms. The fourth-order valence-corrected chi connectivity index (χ4v) is 1.76. The maximum Gasteiger partial charge on any atom is 0.0982 e. The van der Waals surface area contributed by atoms with E-state index in [0.29, 0.717) is 12.8 Å². The molecule has 0 saturated heterocycles. The lowest BCUT2D eigenvalue weighted by molar-refractivity contribution is -0.305. The number of carbonyl (C=O) groups is 1. The van der Waals surface area contributed by atoms with Crippen LogP contribution in [0.25, 0.3) is 0 Å². The highest BCUT2D eigenvalue weighted by Gasteiger charge is 2.08. The molecular weight excluding hydrogens is 304 g/mol.